The normalized spacial score (nSPS) is 22.3. The van der Waals surface area contributed by atoms with Crippen LogP contribution in [0, 0.1) is 5.41 Å². The molecule has 5 rings (SSSR count). The Morgan fingerprint density at radius 3 is 2.44 bits per heavy atom. The smallest absolute Gasteiger partial charge is 0.410 e. The zero-order valence-electron chi connectivity index (χ0n) is 21.6. The molecule has 36 heavy (non-hydrogen) atoms. The van der Waals surface area contributed by atoms with Crippen molar-refractivity contribution in [3.63, 3.8) is 0 Å². The number of nitrogens with one attached hydrogen (secondary N) is 1. The largest absolute Gasteiger partial charge is 0.465 e. The van der Waals surface area contributed by atoms with Crippen molar-refractivity contribution in [3.8, 4) is 0 Å². The fraction of sp³-hybridized carbons (Fsp3) is 0.500. The number of carbonyl (C=O) groups is 2. The molecule has 1 aromatic rings. The molecule has 4 aliphatic rings. The number of rotatable bonds is 4. The van der Waals surface area contributed by atoms with Crippen molar-refractivity contribution < 1.29 is 19.1 Å². The van der Waals surface area contributed by atoms with Gasteiger partial charge in [-0.2, -0.15) is 0 Å². The number of methoxy groups -OCH3 is 1. The highest BCUT2D eigenvalue weighted by molar-refractivity contribution is 5.89. The number of likely N-dealkylation sites (tertiary alicyclic amines) is 2. The first-order valence-electron chi connectivity index (χ1n) is 12.7. The predicted molar refractivity (Wildman–Crippen MR) is 137 cm³/mol. The Bertz CT molecular complexity index is 1100. The van der Waals surface area contributed by atoms with E-state index in [9.17, 15) is 9.59 Å². The molecule has 4 aliphatic heterocycles. The molecule has 1 aromatic carbocycles. The quantitative estimate of drug-likeness (QED) is 0.641. The van der Waals surface area contributed by atoms with Crippen LogP contribution in [0.3, 0.4) is 0 Å². The Hall–Kier alpha value is -3.42. The number of hydrogen-bond acceptors (Lipinski definition) is 7. The van der Waals surface area contributed by atoms with Gasteiger partial charge in [0, 0.05) is 50.5 Å². The van der Waals surface area contributed by atoms with Gasteiger partial charge in [0.1, 0.15) is 11.8 Å². The van der Waals surface area contributed by atoms with Gasteiger partial charge in [0.2, 0.25) is 0 Å². The Morgan fingerprint density at radius 2 is 1.81 bits per heavy atom. The molecule has 0 radical (unpaired) electrons. The van der Waals surface area contributed by atoms with E-state index in [-0.39, 0.29) is 23.6 Å². The van der Waals surface area contributed by atoms with Crippen LogP contribution in [0.15, 0.2) is 60.1 Å². The number of amides is 1. The number of carbonyl (C=O) groups excluding carboxylic acids is 2. The average molecular weight is 493 g/mol. The molecule has 2 fully saturated rings. The summed E-state index contributed by atoms with van der Waals surface area (Å²) in [5.74, 6) is -0.319. The number of benzene rings is 1. The molecule has 0 saturated carbocycles. The van der Waals surface area contributed by atoms with Gasteiger partial charge in [-0.3, -0.25) is 0 Å². The Labute approximate surface area is 213 Å². The standard InChI is InChI=1S/C28H36N4O4/c1-27(2,3)36-26(34)32-18-28(19-32)10-13-30(14-11-28)23-15-22-9-12-31(24(22)29-16-23)17-20-5-7-21(8-6-20)25(33)35-4/h5-9,12,15-16,24,29H,10-11,13-14,17-19H2,1-4H3. The summed E-state index contributed by atoms with van der Waals surface area (Å²) in [6.45, 7) is 10.1. The zero-order chi connectivity index (χ0) is 25.5. The summed E-state index contributed by atoms with van der Waals surface area (Å²) >= 11 is 0. The van der Waals surface area contributed by atoms with E-state index in [4.69, 9.17) is 9.47 Å². The highest BCUT2D eigenvalue weighted by Crippen LogP contribution is 2.42. The number of allylic oxidation sites excluding steroid dienone is 1. The number of nitrogens with zero attached hydrogens (tertiary/aromatic N) is 3. The molecule has 0 aliphatic carbocycles. The molecule has 0 aromatic heterocycles. The Morgan fingerprint density at radius 1 is 1.11 bits per heavy atom. The number of fused-ring (bicyclic) bond motifs is 1. The molecule has 192 valence electrons. The van der Waals surface area contributed by atoms with E-state index in [0.717, 1.165) is 51.1 Å². The van der Waals surface area contributed by atoms with Crippen molar-refractivity contribution in [1.82, 2.24) is 20.0 Å². The van der Waals surface area contributed by atoms with E-state index in [2.05, 4.69) is 39.7 Å². The SMILES string of the molecule is COC(=O)c1ccc(CN2C=CC3=CC(N4CCC5(CC4)CN(C(=O)OC(C)(C)C)C5)=CNC32)cc1. The van der Waals surface area contributed by atoms with E-state index in [1.54, 1.807) is 0 Å². The molecule has 8 nitrogen and oxygen atoms in total. The summed E-state index contributed by atoms with van der Waals surface area (Å²) in [7, 11) is 1.39. The fourth-order valence-corrected chi connectivity index (χ4v) is 5.42. The summed E-state index contributed by atoms with van der Waals surface area (Å²) in [6, 6.07) is 7.56. The van der Waals surface area contributed by atoms with Crippen LogP contribution < -0.4 is 5.32 Å². The van der Waals surface area contributed by atoms with E-state index >= 15 is 0 Å². The maximum Gasteiger partial charge on any atom is 0.410 e. The zero-order valence-corrected chi connectivity index (χ0v) is 21.6. The lowest BCUT2D eigenvalue weighted by atomic mass is 9.72. The number of hydrogen-bond donors (Lipinski definition) is 1. The molecule has 1 atom stereocenters. The monoisotopic (exact) mass is 492 g/mol. The second-order valence-electron chi connectivity index (χ2n) is 11.3. The van der Waals surface area contributed by atoms with Crippen molar-refractivity contribution in [2.45, 2.75) is 51.9 Å². The van der Waals surface area contributed by atoms with Crippen LogP contribution in [0.5, 0.6) is 0 Å². The van der Waals surface area contributed by atoms with Crippen LogP contribution in [0.4, 0.5) is 4.79 Å². The minimum Gasteiger partial charge on any atom is -0.465 e. The van der Waals surface area contributed by atoms with Crippen LogP contribution in [-0.2, 0) is 16.0 Å². The molecule has 1 amide bonds. The third-order valence-corrected chi connectivity index (χ3v) is 7.44. The fourth-order valence-electron chi connectivity index (χ4n) is 5.42. The average Bonchev–Trinajstić information content (AvgIpc) is 3.23. The Kier molecular flexibility index (Phi) is 6.22. The van der Waals surface area contributed by atoms with Crippen LogP contribution >= 0.6 is 0 Å². The van der Waals surface area contributed by atoms with E-state index in [1.165, 1.54) is 18.4 Å². The molecule has 8 heteroatoms. The highest BCUT2D eigenvalue weighted by Gasteiger charge is 2.48. The minimum absolute atomic E-state index is 0.110. The van der Waals surface area contributed by atoms with Crippen LogP contribution in [0.25, 0.3) is 0 Å². The second kappa shape index (κ2) is 9.22. The first kappa shape index (κ1) is 24.3. The van der Waals surface area contributed by atoms with Crippen LogP contribution in [0.1, 0.15) is 49.5 Å². The van der Waals surface area contributed by atoms with Crippen molar-refractivity contribution in [3.05, 3.63) is 71.2 Å². The molecular weight excluding hydrogens is 456 g/mol. The third kappa shape index (κ3) is 4.94. The van der Waals surface area contributed by atoms with E-state index in [0.29, 0.717) is 5.56 Å². The van der Waals surface area contributed by atoms with Crippen molar-refractivity contribution in [2.75, 3.05) is 33.3 Å². The van der Waals surface area contributed by atoms with Gasteiger partial charge < -0.3 is 29.5 Å². The second-order valence-corrected chi connectivity index (χ2v) is 11.3. The molecule has 0 bridgehead atoms. The van der Waals surface area contributed by atoms with E-state index in [1.807, 2.05) is 49.9 Å². The van der Waals surface area contributed by atoms with E-state index < -0.39 is 5.60 Å². The molecule has 2 saturated heterocycles. The van der Waals surface area contributed by atoms with Gasteiger partial charge in [-0.25, -0.2) is 9.59 Å². The number of piperidine rings is 1. The van der Waals surface area contributed by atoms with Crippen LogP contribution in [0.2, 0.25) is 0 Å². The third-order valence-electron chi connectivity index (χ3n) is 7.44. The van der Waals surface area contributed by atoms with Gasteiger partial charge in [-0.05, 0) is 69.0 Å². The lowest BCUT2D eigenvalue weighted by Gasteiger charge is -2.54. The van der Waals surface area contributed by atoms with Crippen molar-refractivity contribution in [1.29, 1.82) is 0 Å². The molecule has 1 spiro atoms. The van der Waals surface area contributed by atoms with Gasteiger partial charge >= 0.3 is 12.1 Å². The summed E-state index contributed by atoms with van der Waals surface area (Å²) in [6.07, 6.45) is 10.8. The van der Waals surface area contributed by atoms with Gasteiger partial charge in [0.15, 0.2) is 0 Å². The molecule has 1 unspecified atom stereocenters. The summed E-state index contributed by atoms with van der Waals surface area (Å²) in [5, 5.41) is 3.58. The highest BCUT2D eigenvalue weighted by atomic mass is 16.6. The number of esters is 1. The predicted octanol–water partition coefficient (Wildman–Crippen LogP) is 3.83. The molecule has 1 N–H and O–H groups in total. The number of ether oxygens (including phenoxy) is 2. The van der Waals surface area contributed by atoms with Crippen LogP contribution in [-0.4, -0.2) is 71.8 Å². The van der Waals surface area contributed by atoms with Gasteiger partial charge in [-0.1, -0.05) is 12.1 Å². The minimum atomic E-state index is -0.450. The Balaban J connectivity index is 1.12. The summed E-state index contributed by atoms with van der Waals surface area (Å²) < 4.78 is 10.3. The maximum absolute atomic E-state index is 12.3. The van der Waals surface area contributed by atoms with Gasteiger partial charge in [0.05, 0.1) is 18.4 Å². The summed E-state index contributed by atoms with van der Waals surface area (Å²) in [5.41, 5.74) is 3.94. The number of dihydropyridines is 1. The topological polar surface area (TPSA) is 74.4 Å². The van der Waals surface area contributed by atoms with Crippen molar-refractivity contribution >= 4 is 12.1 Å². The molecular formula is C28H36N4O4. The lowest BCUT2D eigenvalue weighted by molar-refractivity contribution is -0.0557. The van der Waals surface area contributed by atoms with Gasteiger partial charge in [0.25, 0.3) is 0 Å². The first-order valence-corrected chi connectivity index (χ1v) is 12.7. The van der Waals surface area contributed by atoms with Crippen molar-refractivity contribution in [2.24, 2.45) is 5.41 Å². The molecule has 4 heterocycles. The summed E-state index contributed by atoms with van der Waals surface area (Å²) in [4.78, 5) is 30.5. The first-order chi connectivity index (χ1) is 17.1. The maximum atomic E-state index is 12.3. The van der Waals surface area contributed by atoms with Gasteiger partial charge in [-0.15, -0.1) is 0 Å². The lowest BCUT2D eigenvalue weighted by Crippen LogP contribution is -2.62.